The summed E-state index contributed by atoms with van der Waals surface area (Å²) in [5.41, 5.74) is -1.47. The molecular weight excluding hydrogens is 233 g/mol. The first-order chi connectivity index (χ1) is 7.89. The highest BCUT2D eigenvalue weighted by Gasteiger charge is 2.37. The van der Waals surface area contributed by atoms with Gasteiger partial charge < -0.3 is 4.74 Å². The number of benzene rings is 1. The zero-order valence-electron chi connectivity index (χ0n) is 9.33. The molecule has 1 aromatic rings. The van der Waals surface area contributed by atoms with Crippen LogP contribution in [0.25, 0.3) is 0 Å². The molecule has 0 radical (unpaired) electrons. The summed E-state index contributed by atoms with van der Waals surface area (Å²) in [4.78, 5) is 10.3. The van der Waals surface area contributed by atoms with Gasteiger partial charge in [0.2, 0.25) is 0 Å². The number of hydrogen-bond acceptors (Lipinski definition) is 2. The average Bonchev–Trinajstić information content (AvgIpc) is 2.30. The third-order valence-electron chi connectivity index (χ3n) is 1.53. The summed E-state index contributed by atoms with van der Waals surface area (Å²) in [6.45, 7) is 3.87. The number of rotatable bonds is 2. The van der Waals surface area contributed by atoms with E-state index in [-0.39, 0.29) is 6.61 Å². The van der Waals surface area contributed by atoms with Crippen LogP contribution in [-0.4, -0.2) is 18.8 Å². The number of esters is 1. The molecule has 0 unspecified atom stereocenters. The van der Waals surface area contributed by atoms with Crippen LogP contribution in [0.3, 0.4) is 0 Å². The average molecular weight is 246 g/mol. The molecule has 0 amide bonds. The third kappa shape index (κ3) is 7.16. The number of alkyl halides is 3. The van der Waals surface area contributed by atoms with Gasteiger partial charge in [-0.1, -0.05) is 43.0 Å². The lowest BCUT2D eigenvalue weighted by molar-refractivity contribution is -0.150. The Kier molecular flexibility index (Phi) is 6.70. The van der Waals surface area contributed by atoms with Crippen LogP contribution in [0, 0.1) is 0 Å². The van der Waals surface area contributed by atoms with E-state index in [4.69, 9.17) is 0 Å². The van der Waals surface area contributed by atoms with Crippen molar-refractivity contribution >= 4 is 5.97 Å². The Morgan fingerprint density at radius 1 is 1.12 bits per heavy atom. The molecule has 0 heterocycles. The molecule has 1 rings (SSSR count). The number of ether oxygens (including phenoxy) is 1. The van der Waals surface area contributed by atoms with E-state index in [1.165, 1.54) is 6.92 Å². The summed E-state index contributed by atoms with van der Waals surface area (Å²) >= 11 is 0. The minimum atomic E-state index is -4.69. The van der Waals surface area contributed by atoms with E-state index >= 15 is 0 Å². The van der Waals surface area contributed by atoms with Crippen molar-refractivity contribution in [1.82, 2.24) is 0 Å². The molecule has 94 valence electrons. The summed E-state index contributed by atoms with van der Waals surface area (Å²) in [7, 11) is 0. The summed E-state index contributed by atoms with van der Waals surface area (Å²) in [5.74, 6) is -1.42. The first-order valence-electron chi connectivity index (χ1n) is 4.82. The summed E-state index contributed by atoms with van der Waals surface area (Å²) in [6, 6.07) is 12.0. The van der Waals surface area contributed by atoms with Crippen molar-refractivity contribution in [3.63, 3.8) is 0 Å². The van der Waals surface area contributed by atoms with E-state index in [1.54, 1.807) is 0 Å². The number of halogens is 3. The number of hydrogen-bond donors (Lipinski definition) is 0. The van der Waals surface area contributed by atoms with Crippen molar-refractivity contribution in [1.29, 1.82) is 0 Å². The van der Waals surface area contributed by atoms with Crippen LogP contribution in [0.5, 0.6) is 0 Å². The van der Waals surface area contributed by atoms with E-state index in [2.05, 4.69) is 11.3 Å². The fourth-order valence-corrected chi connectivity index (χ4v) is 0.719. The monoisotopic (exact) mass is 246 g/mol. The van der Waals surface area contributed by atoms with Gasteiger partial charge in [-0.15, -0.1) is 0 Å². The summed E-state index contributed by atoms with van der Waals surface area (Å²) < 4.78 is 38.9. The molecule has 0 N–H and O–H groups in total. The molecule has 0 aliphatic heterocycles. The van der Waals surface area contributed by atoms with Gasteiger partial charge in [0.05, 0.1) is 6.61 Å². The largest absolute Gasteiger partial charge is 0.462 e. The Hall–Kier alpha value is -1.78. The molecule has 0 aliphatic rings. The SMILES string of the molecule is C=C(C(=O)OCC)C(F)(F)F.c1ccccc1. The second kappa shape index (κ2) is 7.49. The molecule has 0 atom stereocenters. The van der Waals surface area contributed by atoms with Crippen molar-refractivity contribution in [2.24, 2.45) is 0 Å². The predicted molar refractivity (Wildman–Crippen MR) is 58.3 cm³/mol. The molecule has 5 heteroatoms. The predicted octanol–water partition coefficient (Wildman–Crippen LogP) is 3.35. The highest BCUT2D eigenvalue weighted by Crippen LogP contribution is 2.24. The highest BCUT2D eigenvalue weighted by atomic mass is 19.4. The fourth-order valence-electron chi connectivity index (χ4n) is 0.719. The fraction of sp³-hybridized carbons (Fsp3) is 0.250. The van der Waals surface area contributed by atoms with Gasteiger partial charge in [-0.25, -0.2) is 4.79 Å². The van der Waals surface area contributed by atoms with Crippen LogP contribution in [0.1, 0.15) is 6.92 Å². The highest BCUT2D eigenvalue weighted by molar-refractivity contribution is 5.89. The van der Waals surface area contributed by atoms with Crippen LogP contribution in [0.4, 0.5) is 13.2 Å². The molecule has 0 spiro atoms. The number of carbonyl (C=O) groups is 1. The van der Waals surface area contributed by atoms with Gasteiger partial charge in [0.15, 0.2) is 0 Å². The minimum absolute atomic E-state index is 0.0894. The Labute approximate surface area is 97.7 Å². The standard InChI is InChI=1S/C6H7F3O2.C6H6/c1-3-11-5(10)4(2)6(7,8)9;1-2-4-6-5-3-1/h2-3H2,1H3;1-6H. The van der Waals surface area contributed by atoms with Gasteiger partial charge in [0.25, 0.3) is 0 Å². The molecule has 0 saturated heterocycles. The van der Waals surface area contributed by atoms with Gasteiger partial charge in [-0.05, 0) is 6.92 Å². The lowest BCUT2D eigenvalue weighted by atomic mass is 10.3. The van der Waals surface area contributed by atoms with E-state index in [1.807, 2.05) is 36.4 Å². The Morgan fingerprint density at radius 3 is 1.71 bits per heavy atom. The van der Waals surface area contributed by atoms with E-state index in [9.17, 15) is 18.0 Å². The zero-order valence-corrected chi connectivity index (χ0v) is 9.33. The van der Waals surface area contributed by atoms with Crippen molar-refractivity contribution in [2.75, 3.05) is 6.61 Å². The Morgan fingerprint density at radius 2 is 1.47 bits per heavy atom. The molecule has 0 aliphatic carbocycles. The molecular formula is C12H13F3O2. The Balaban J connectivity index is 0.000000354. The van der Waals surface area contributed by atoms with Crippen molar-refractivity contribution < 1.29 is 22.7 Å². The number of carbonyl (C=O) groups excluding carboxylic acids is 1. The molecule has 0 aromatic heterocycles. The van der Waals surface area contributed by atoms with Crippen molar-refractivity contribution in [3.8, 4) is 0 Å². The normalized spacial score (nSPS) is 9.88. The van der Waals surface area contributed by atoms with Gasteiger partial charge in [0, 0.05) is 0 Å². The van der Waals surface area contributed by atoms with Crippen molar-refractivity contribution in [3.05, 3.63) is 48.6 Å². The second-order valence-corrected chi connectivity index (χ2v) is 2.85. The Bertz CT molecular complexity index is 318. The van der Waals surface area contributed by atoms with Gasteiger partial charge in [-0.2, -0.15) is 13.2 Å². The topological polar surface area (TPSA) is 26.3 Å². The van der Waals surface area contributed by atoms with Gasteiger partial charge in [-0.3, -0.25) is 0 Å². The summed E-state index contributed by atoms with van der Waals surface area (Å²) in [6.07, 6.45) is -4.69. The molecule has 17 heavy (non-hydrogen) atoms. The maximum Gasteiger partial charge on any atom is 0.422 e. The second-order valence-electron chi connectivity index (χ2n) is 2.85. The molecule has 0 saturated carbocycles. The molecule has 0 fully saturated rings. The quantitative estimate of drug-likeness (QED) is 0.590. The van der Waals surface area contributed by atoms with E-state index < -0.39 is 17.7 Å². The van der Waals surface area contributed by atoms with E-state index in [0.717, 1.165) is 0 Å². The third-order valence-corrected chi connectivity index (χ3v) is 1.53. The molecule has 2 nitrogen and oxygen atoms in total. The van der Waals surface area contributed by atoms with Crippen LogP contribution in [0.15, 0.2) is 48.6 Å². The first kappa shape index (κ1) is 15.2. The summed E-state index contributed by atoms with van der Waals surface area (Å²) in [5, 5.41) is 0. The van der Waals surface area contributed by atoms with Gasteiger partial charge in [0.1, 0.15) is 5.57 Å². The lowest BCUT2D eigenvalue weighted by Crippen LogP contribution is -2.20. The molecule has 1 aromatic carbocycles. The minimum Gasteiger partial charge on any atom is -0.462 e. The smallest absolute Gasteiger partial charge is 0.422 e. The van der Waals surface area contributed by atoms with Crippen LogP contribution in [-0.2, 0) is 9.53 Å². The van der Waals surface area contributed by atoms with Crippen LogP contribution >= 0.6 is 0 Å². The van der Waals surface area contributed by atoms with Crippen LogP contribution in [0.2, 0.25) is 0 Å². The van der Waals surface area contributed by atoms with Crippen molar-refractivity contribution in [2.45, 2.75) is 13.1 Å². The zero-order chi connectivity index (χ0) is 13.3. The van der Waals surface area contributed by atoms with Gasteiger partial charge >= 0.3 is 12.1 Å². The molecule has 0 bridgehead atoms. The maximum atomic E-state index is 11.6. The van der Waals surface area contributed by atoms with E-state index in [0.29, 0.717) is 0 Å². The van der Waals surface area contributed by atoms with Crippen LogP contribution < -0.4 is 0 Å². The lowest BCUT2D eigenvalue weighted by Gasteiger charge is -2.07. The first-order valence-corrected chi connectivity index (χ1v) is 4.82. The maximum absolute atomic E-state index is 11.6.